The van der Waals surface area contributed by atoms with Gasteiger partial charge in [-0.05, 0) is 74.2 Å². The van der Waals surface area contributed by atoms with Crippen LogP contribution in [-0.4, -0.2) is 35.0 Å². The van der Waals surface area contributed by atoms with Crippen LogP contribution in [-0.2, 0) is 9.59 Å². The monoisotopic (exact) mass is 346 g/mol. The molecule has 4 aliphatic rings. The molecule has 4 rings (SSSR count). The molecule has 6 atom stereocenters. The lowest BCUT2D eigenvalue weighted by molar-refractivity contribution is -0.134. The minimum absolute atomic E-state index is 0.00148. The zero-order valence-corrected chi connectivity index (χ0v) is 15.2. The van der Waals surface area contributed by atoms with Crippen LogP contribution in [0, 0.1) is 34.5 Å². The van der Waals surface area contributed by atoms with Gasteiger partial charge >= 0.3 is 0 Å². The van der Waals surface area contributed by atoms with Crippen LogP contribution in [0.5, 0.6) is 0 Å². The van der Waals surface area contributed by atoms with Gasteiger partial charge in [-0.25, -0.2) is 0 Å². The van der Waals surface area contributed by atoms with E-state index in [9.17, 15) is 19.8 Å². The van der Waals surface area contributed by atoms with E-state index in [1.807, 2.05) is 6.08 Å². The number of aliphatic hydroxyl groups excluding tert-OH is 2. The first-order valence-electron chi connectivity index (χ1n) is 9.94. The van der Waals surface area contributed by atoms with Crippen molar-refractivity contribution < 1.29 is 19.8 Å². The van der Waals surface area contributed by atoms with Gasteiger partial charge in [0.05, 0.1) is 6.61 Å². The summed E-state index contributed by atoms with van der Waals surface area (Å²) in [5.74, 6) is 1.71. The third kappa shape index (κ3) is 2.33. The molecule has 0 unspecified atom stereocenters. The second kappa shape index (κ2) is 6.02. The van der Waals surface area contributed by atoms with E-state index in [1.54, 1.807) is 0 Å². The largest absolute Gasteiger partial charge is 0.395 e. The number of hydrogen-bond acceptors (Lipinski definition) is 4. The fourth-order valence-corrected chi connectivity index (χ4v) is 7.30. The van der Waals surface area contributed by atoms with E-state index in [4.69, 9.17) is 0 Å². The van der Waals surface area contributed by atoms with E-state index >= 15 is 0 Å². The summed E-state index contributed by atoms with van der Waals surface area (Å²) in [6.45, 7) is 2.08. The Kier molecular flexibility index (Phi) is 4.19. The average molecular weight is 346 g/mol. The van der Waals surface area contributed by atoms with Gasteiger partial charge < -0.3 is 10.2 Å². The number of carbonyl (C=O) groups is 2. The Hall–Kier alpha value is -1.00. The summed E-state index contributed by atoms with van der Waals surface area (Å²) < 4.78 is 0. The molecule has 0 aromatic rings. The van der Waals surface area contributed by atoms with Gasteiger partial charge in [0.25, 0.3) is 0 Å². The standard InChI is InChI=1S/C21H30O4/c1-20-8-7-17-15(16(20)4-5-18(20)19(25)11-22)3-2-13-10-14(24)6-9-21(13,17)12-23/h10,15-18,22-23H,2-9,11-12H2,1H3/t15-,16-,17-,18-,20-,21+/m0/s1. The lowest BCUT2D eigenvalue weighted by Crippen LogP contribution is -2.53. The van der Waals surface area contributed by atoms with Gasteiger partial charge in [0.15, 0.2) is 11.6 Å². The predicted octanol–water partition coefficient (Wildman–Crippen LogP) is 2.67. The van der Waals surface area contributed by atoms with Gasteiger partial charge in [-0.2, -0.15) is 0 Å². The molecular weight excluding hydrogens is 316 g/mol. The van der Waals surface area contributed by atoms with Crippen molar-refractivity contribution in [1.29, 1.82) is 0 Å². The maximum absolute atomic E-state index is 12.3. The Morgan fingerprint density at radius 1 is 1.12 bits per heavy atom. The minimum atomic E-state index is -0.337. The van der Waals surface area contributed by atoms with Crippen molar-refractivity contribution in [2.75, 3.05) is 13.2 Å². The van der Waals surface area contributed by atoms with Gasteiger partial charge in [-0.15, -0.1) is 0 Å². The van der Waals surface area contributed by atoms with E-state index < -0.39 is 0 Å². The summed E-state index contributed by atoms with van der Waals surface area (Å²) in [5, 5.41) is 19.7. The Morgan fingerprint density at radius 2 is 1.92 bits per heavy atom. The molecule has 2 N–H and O–H groups in total. The zero-order chi connectivity index (χ0) is 17.8. The molecule has 4 heteroatoms. The molecule has 0 bridgehead atoms. The number of aliphatic hydroxyl groups is 2. The zero-order valence-electron chi connectivity index (χ0n) is 15.2. The highest BCUT2D eigenvalue weighted by Gasteiger charge is 2.60. The Bertz CT molecular complexity index is 623. The molecule has 0 heterocycles. The molecule has 0 aromatic heterocycles. The number of rotatable bonds is 3. The van der Waals surface area contributed by atoms with Crippen LogP contribution < -0.4 is 0 Å². The number of Topliss-reactive ketones (excluding diaryl/α,β-unsaturated/α-hetero) is 1. The molecule has 4 nitrogen and oxygen atoms in total. The molecule has 138 valence electrons. The Morgan fingerprint density at radius 3 is 2.64 bits per heavy atom. The molecule has 0 amide bonds. The molecule has 0 aliphatic heterocycles. The van der Waals surface area contributed by atoms with Crippen LogP contribution in [0.25, 0.3) is 0 Å². The van der Waals surface area contributed by atoms with Crippen molar-refractivity contribution in [3.8, 4) is 0 Å². The maximum Gasteiger partial charge on any atom is 0.161 e. The van der Waals surface area contributed by atoms with E-state index in [1.165, 1.54) is 5.57 Å². The van der Waals surface area contributed by atoms with Crippen molar-refractivity contribution in [3.05, 3.63) is 11.6 Å². The average Bonchev–Trinajstić information content (AvgIpc) is 2.98. The van der Waals surface area contributed by atoms with Crippen molar-refractivity contribution in [1.82, 2.24) is 0 Å². The second-order valence-corrected chi connectivity index (χ2v) is 9.16. The van der Waals surface area contributed by atoms with E-state index in [0.29, 0.717) is 24.2 Å². The fourth-order valence-electron chi connectivity index (χ4n) is 7.30. The van der Waals surface area contributed by atoms with E-state index in [2.05, 4.69) is 6.92 Å². The fraction of sp³-hybridized carbons (Fsp3) is 0.810. The Labute approximate surface area is 149 Å². The number of hydrogen-bond donors (Lipinski definition) is 2. The normalized spacial score (nSPS) is 46.0. The molecule has 0 aromatic carbocycles. The predicted molar refractivity (Wildman–Crippen MR) is 93.7 cm³/mol. The number of ketones is 2. The summed E-state index contributed by atoms with van der Waals surface area (Å²) in [6, 6.07) is 0. The van der Waals surface area contributed by atoms with Gasteiger partial charge in [0.1, 0.15) is 6.61 Å². The van der Waals surface area contributed by atoms with E-state index in [0.717, 1.165) is 44.9 Å². The van der Waals surface area contributed by atoms with Gasteiger partial charge in [-0.3, -0.25) is 9.59 Å². The molecule has 3 fully saturated rings. The summed E-state index contributed by atoms with van der Waals surface area (Å²) in [4.78, 5) is 24.2. The molecule has 0 spiro atoms. The molecule has 0 saturated heterocycles. The SMILES string of the molecule is C[C@]12CC[C@H]3[C@@H](CCC4=CC(=O)CC[C@@]43CO)[C@@H]1CC[C@H]2C(=O)CO. The maximum atomic E-state index is 12.3. The molecule has 0 radical (unpaired) electrons. The van der Waals surface area contributed by atoms with Crippen LogP contribution in [0.3, 0.4) is 0 Å². The van der Waals surface area contributed by atoms with Crippen LogP contribution in [0.2, 0.25) is 0 Å². The topological polar surface area (TPSA) is 74.6 Å². The second-order valence-electron chi connectivity index (χ2n) is 9.16. The van der Waals surface area contributed by atoms with Gasteiger partial charge in [0, 0.05) is 17.8 Å². The number of carbonyl (C=O) groups excluding carboxylic acids is 2. The van der Waals surface area contributed by atoms with E-state index in [-0.39, 0.29) is 41.5 Å². The quantitative estimate of drug-likeness (QED) is 0.824. The molecule has 4 aliphatic carbocycles. The third-order valence-electron chi connectivity index (χ3n) is 8.51. The van der Waals surface area contributed by atoms with Crippen LogP contribution >= 0.6 is 0 Å². The highest BCUT2D eigenvalue weighted by molar-refractivity contribution is 5.91. The van der Waals surface area contributed by atoms with Gasteiger partial charge in [-0.1, -0.05) is 12.5 Å². The highest BCUT2D eigenvalue weighted by Crippen LogP contribution is 2.66. The molecular formula is C21H30O4. The lowest BCUT2D eigenvalue weighted by Gasteiger charge is -2.58. The summed E-state index contributed by atoms with van der Waals surface area (Å²) in [6.07, 6.45) is 9.15. The first-order valence-corrected chi connectivity index (χ1v) is 9.94. The summed E-state index contributed by atoms with van der Waals surface area (Å²) in [7, 11) is 0. The van der Waals surface area contributed by atoms with Crippen molar-refractivity contribution in [3.63, 3.8) is 0 Å². The smallest absolute Gasteiger partial charge is 0.161 e. The van der Waals surface area contributed by atoms with Gasteiger partial charge in [0.2, 0.25) is 0 Å². The van der Waals surface area contributed by atoms with Crippen LogP contribution in [0.1, 0.15) is 58.3 Å². The minimum Gasteiger partial charge on any atom is -0.395 e. The van der Waals surface area contributed by atoms with Crippen LogP contribution in [0.4, 0.5) is 0 Å². The van der Waals surface area contributed by atoms with Crippen molar-refractivity contribution >= 4 is 11.6 Å². The summed E-state index contributed by atoms with van der Waals surface area (Å²) in [5.41, 5.74) is 0.998. The summed E-state index contributed by atoms with van der Waals surface area (Å²) >= 11 is 0. The Balaban J connectivity index is 1.67. The highest BCUT2D eigenvalue weighted by atomic mass is 16.3. The third-order valence-corrected chi connectivity index (χ3v) is 8.51. The molecule has 3 saturated carbocycles. The van der Waals surface area contributed by atoms with Crippen molar-refractivity contribution in [2.24, 2.45) is 34.5 Å². The molecule has 25 heavy (non-hydrogen) atoms. The first kappa shape index (κ1) is 17.4. The number of fused-ring (bicyclic) bond motifs is 5. The van der Waals surface area contributed by atoms with Crippen molar-refractivity contribution in [2.45, 2.75) is 58.3 Å². The lowest BCUT2D eigenvalue weighted by atomic mass is 9.46. The first-order chi connectivity index (χ1) is 12.0. The van der Waals surface area contributed by atoms with Crippen LogP contribution in [0.15, 0.2) is 11.6 Å².